The first-order valence-corrected chi connectivity index (χ1v) is 6.99. The second-order valence-electron chi connectivity index (χ2n) is 4.42. The fraction of sp³-hybridized carbons (Fsp3) is 0.800. The Balaban J connectivity index is 5.57. The molecule has 0 aliphatic rings. The van der Waals surface area contributed by atoms with Gasteiger partial charge < -0.3 is 9.47 Å². The Morgan fingerprint density at radius 2 is 1.50 bits per heavy atom. The van der Waals surface area contributed by atoms with E-state index in [4.69, 9.17) is 4.55 Å². The zero-order valence-corrected chi connectivity index (χ0v) is 12.1. The fourth-order valence-corrected chi connectivity index (χ4v) is 1.69. The molecule has 0 spiro atoms. The van der Waals surface area contributed by atoms with Crippen LogP contribution < -0.4 is 0 Å². The lowest BCUT2D eigenvalue weighted by Crippen LogP contribution is -2.55. The predicted molar refractivity (Wildman–Crippen MR) is 62.7 cm³/mol. The number of esters is 2. The summed E-state index contributed by atoms with van der Waals surface area (Å²) in [5.74, 6) is -4.18. The second-order valence-corrected chi connectivity index (χ2v) is 5.97. The van der Waals surface area contributed by atoms with Crippen molar-refractivity contribution in [2.45, 2.75) is 51.1 Å². The molecule has 0 heterocycles. The average molecular weight is 318 g/mol. The summed E-state index contributed by atoms with van der Waals surface area (Å²) < 4.78 is 67.0. The zero-order chi connectivity index (χ0) is 16.3. The first-order valence-electron chi connectivity index (χ1n) is 5.55. The number of alkyl halides is 2. The lowest BCUT2D eigenvalue weighted by atomic mass is 10.2. The van der Waals surface area contributed by atoms with E-state index in [0.29, 0.717) is 0 Å². The number of carbonyl (C=O) groups excluding carboxylic acids is 2. The summed E-state index contributed by atoms with van der Waals surface area (Å²) in [6, 6.07) is 0. The Kier molecular flexibility index (Phi) is 6.02. The number of hydrogen-bond acceptors (Lipinski definition) is 6. The molecule has 0 aliphatic carbocycles. The molecule has 2 atom stereocenters. The van der Waals surface area contributed by atoms with Gasteiger partial charge in [-0.3, -0.25) is 4.55 Å². The van der Waals surface area contributed by atoms with Crippen LogP contribution in [0.15, 0.2) is 0 Å². The third-order valence-corrected chi connectivity index (χ3v) is 3.01. The van der Waals surface area contributed by atoms with E-state index >= 15 is 0 Å². The summed E-state index contributed by atoms with van der Waals surface area (Å²) in [6.45, 7) is 5.07. The van der Waals surface area contributed by atoms with E-state index in [1.807, 2.05) is 0 Å². The molecular formula is C10H16F2O7S. The third kappa shape index (κ3) is 4.10. The lowest BCUT2D eigenvalue weighted by molar-refractivity contribution is -0.170. The molecule has 0 bridgehead atoms. The summed E-state index contributed by atoms with van der Waals surface area (Å²) in [5, 5.41) is -4.58. The van der Waals surface area contributed by atoms with Gasteiger partial charge in [-0.25, -0.2) is 18.4 Å². The smallest absolute Gasteiger partial charge is 0.371 e. The van der Waals surface area contributed by atoms with Crippen LogP contribution in [0, 0.1) is 0 Å². The van der Waals surface area contributed by atoms with Gasteiger partial charge in [-0.15, -0.1) is 0 Å². The summed E-state index contributed by atoms with van der Waals surface area (Å²) in [6.07, 6.45) is -5.45. The maximum Gasteiger partial charge on any atom is 0.371 e. The molecule has 0 aliphatic heterocycles. The standard InChI is InChI=1S/C10H16F2O7S/c1-5(2)18-8(13)7(11)10(12,20(15,16)17)9(14)19-6(3)4/h5-7H,1-4H3,(H,15,16,17). The van der Waals surface area contributed by atoms with Gasteiger partial charge in [0, 0.05) is 0 Å². The molecule has 0 aromatic heterocycles. The van der Waals surface area contributed by atoms with Crippen LogP contribution in [0.4, 0.5) is 8.78 Å². The van der Waals surface area contributed by atoms with Crippen LogP contribution in [0.1, 0.15) is 27.7 Å². The fourth-order valence-electron chi connectivity index (χ4n) is 1.08. The first kappa shape index (κ1) is 18.7. The molecule has 0 saturated carbocycles. The van der Waals surface area contributed by atoms with Crippen molar-refractivity contribution >= 4 is 22.1 Å². The summed E-state index contributed by atoms with van der Waals surface area (Å²) in [5.41, 5.74) is 0. The maximum absolute atomic E-state index is 14.2. The topological polar surface area (TPSA) is 107 Å². The minimum absolute atomic E-state index is 0.882. The maximum atomic E-state index is 14.2. The molecule has 2 unspecified atom stereocenters. The number of rotatable bonds is 6. The highest BCUT2D eigenvalue weighted by atomic mass is 32.2. The average Bonchev–Trinajstić information content (AvgIpc) is 2.23. The van der Waals surface area contributed by atoms with Gasteiger partial charge >= 0.3 is 27.1 Å². The van der Waals surface area contributed by atoms with Crippen molar-refractivity contribution in [2.24, 2.45) is 0 Å². The van der Waals surface area contributed by atoms with E-state index in [0.717, 1.165) is 0 Å². The lowest BCUT2D eigenvalue weighted by Gasteiger charge is -2.24. The van der Waals surface area contributed by atoms with Gasteiger partial charge in [-0.1, -0.05) is 0 Å². The highest BCUT2D eigenvalue weighted by Gasteiger charge is 2.64. The van der Waals surface area contributed by atoms with Gasteiger partial charge in [0.05, 0.1) is 12.2 Å². The number of ether oxygens (including phenoxy) is 2. The Morgan fingerprint density at radius 1 is 1.10 bits per heavy atom. The Bertz CT molecular complexity index is 474. The third-order valence-electron chi connectivity index (χ3n) is 1.88. The van der Waals surface area contributed by atoms with Crippen molar-refractivity contribution in [3.63, 3.8) is 0 Å². The Morgan fingerprint density at radius 3 is 1.80 bits per heavy atom. The molecule has 0 fully saturated rings. The predicted octanol–water partition coefficient (Wildman–Crippen LogP) is 0.781. The molecule has 0 radical (unpaired) electrons. The molecule has 1 N–H and O–H groups in total. The Hall–Kier alpha value is -1.29. The largest absolute Gasteiger partial charge is 0.461 e. The molecule has 118 valence electrons. The van der Waals surface area contributed by atoms with Crippen molar-refractivity contribution in [1.82, 2.24) is 0 Å². The quantitative estimate of drug-likeness (QED) is 0.569. The second kappa shape index (κ2) is 6.44. The summed E-state index contributed by atoms with van der Waals surface area (Å²) >= 11 is 0. The van der Waals surface area contributed by atoms with E-state index in [9.17, 15) is 26.8 Å². The van der Waals surface area contributed by atoms with Crippen molar-refractivity contribution < 1.29 is 40.8 Å². The van der Waals surface area contributed by atoms with Crippen LogP contribution in [0.25, 0.3) is 0 Å². The highest BCUT2D eigenvalue weighted by Crippen LogP contribution is 2.29. The van der Waals surface area contributed by atoms with Crippen LogP contribution in [0.2, 0.25) is 0 Å². The Labute approximate surface area is 115 Å². The van der Waals surface area contributed by atoms with Gasteiger partial charge in [-0.2, -0.15) is 8.42 Å². The molecule has 0 rings (SSSR count). The van der Waals surface area contributed by atoms with E-state index < -0.39 is 45.4 Å². The van der Waals surface area contributed by atoms with Crippen molar-refractivity contribution in [3.05, 3.63) is 0 Å². The normalized spacial score (nSPS) is 16.6. The van der Waals surface area contributed by atoms with E-state index in [-0.39, 0.29) is 0 Å². The molecule has 10 heteroatoms. The molecule has 0 aromatic carbocycles. The number of carbonyl (C=O) groups is 2. The minimum Gasteiger partial charge on any atom is -0.461 e. The summed E-state index contributed by atoms with van der Waals surface area (Å²) in [7, 11) is -5.91. The van der Waals surface area contributed by atoms with E-state index in [1.165, 1.54) is 27.7 Å². The molecule has 7 nitrogen and oxygen atoms in total. The molecular weight excluding hydrogens is 302 g/mol. The zero-order valence-electron chi connectivity index (χ0n) is 11.3. The molecule has 0 aromatic rings. The van der Waals surface area contributed by atoms with Gasteiger partial charge in [0.1, 0.15) is 0 Å². The van der Waals surface area contributed by atoms with Crippen molar-refractivity contribution in [2.75, 3.05) is 0 Å². The van der Waals surface area contributed by atoms with Crippen LogP contribution in [0.3, 0.4) is 0 Å². The van der Waals surface area contributed by atoms with Crippen molar-refractivity contribution in [1.29, 1.82) is 0 Å². The van der Waals surface area contributed by atoms with Crippen LogP contribution in [-0.4, -0.2) is 48.3 Å². The molecule has 0 amide bonds. The number of halogens is 2. The highest BCUT2D eigenvalue weighted by molar-refractivity contribution is 7.88. The minimum atomic E-state index is -5.91. The van der Waals surface area contributed by atoms with Gasteiger partial charge in [0.2, 0.25) is 0 Å². The van der Waals surface area contributed by atoms with Crippen LogP contribution >= 0.6 is 0 Å². The van der Waals surface area contributed by atoms with Crippen LogP contribution in [0.5, 0.6) is 0 Å². The van der Waals surface area contributed by atoms with Crippen molar-refractivity contribution in [3.8, 4) is 0 Å². The molecule has 0 saturated heterocycles. The molecule has 20 heavy (non-hydrogen) atoms. The summed E-state index contributed by atoms with van der Waals surface area (Å²) in [4.78, 5) is 22.6. The van der Waals surface area contributed by atoms with Crippen LogP contribution in [-0.2, 0) is 29.2 Å². The van der Waals surface area contributed by atoms with Gasteiger partial charge in [0.15, 0.2) is 0 Å². The van der Waals surface area contributed by atoms with Gasteiger partial charge in [0.25, 0.3) is 6.17 Å². The van der Waals surface area contributed by atoms with Gasteiger partial charge in [-0.05, 0) is 27.7 Å². The SMILES string of the molecule is CC(C)OC(=O)C(F)C(F)(C(=O)OC(C)C)S(=O)(=O)O. The van der Waals surface area contributed by atoms with E-state index in [2.05, 4.69) is 9.47 Å². The number of hydrogen-bond donors (Lipinski definition) is 1. The van der Waals surface area contributed by atoms with E-state index in [1.54, 1.807) is 0 Å². The monoisotopic (exact) mass is 318 g/mol. The first-order chi connectivity index (χ1) is 8.84.